The minimum absolute atomic E-state index is 0.420. The first kappa shape index (κ1) is 13.7. The van der Waals surface area contributed by atoms with Gasteiger partial charge in [-0.3, -0.25) is 4.98 Å². The van der Waals surface area contributed by atoms with Gasteiger partial charge in [-0.2, -0.15) is 0 Å². The zero-order chi connectivity index (χ0) is 14.1. The number of aryl methyl sites for hydroxylation is 1. The molecule has 3 nitrogen and oxygen atoms in total. The van der Waals surface area contributed by atoms with Crippen molar-refractivity contribution in [2.75, 3.05) is 11.9 Å². The van der Waals surface area contributed by atoms with Gasteiger partial charge in [0.2, 0.25) is 0 Å². The summed E-state index contributed by atoms with van der Waals surface area (Å²) >= 11 is 6.46. The molecule has 0 bridgehead atoms. The minimum Gasteiger partial charge on any atom is -0.380 e. The zero-order valence-corrected chi connectivity index (χ0v) is 12.5. The summed E-state index contributed by atoms with van der Waals surface area (Å²) in [7, 11) is 0. The van der Waals surface area contributed by atoms with Crippen molar-refractivity contribution in [2.24, 2.45) is 11.7 Å². The third-order valence-electron chi connectivity index (χ3n) is 4.32. The van der Waals surface area contributed by atoms with E-state index in [4.69, 9.17) is 17.3 Å². The lowest BCUT2D eigenvalue weighted by molar-refractivity contribution is 0.517. The summed E-state index contributed by atoms with van der Waals surface area (Å²) in [6.07, 6.45) is 5.42. The van der Waals surface area contributed by atoms with Crippen molar-refractivity contribution in [3.8, 4) is 0 Å². The highest BCUT2D eigenvalue weighted by Crippen LogP contribution is 2.36. The van der Waals surface area contributed by atoms with Crippen molar-refractivity contribution >= 4 is 28.2 Å². The number of pyridine rings is 1. The smallest absolute Gasteiger partial charge is 0.0752 e. The number of nitrogens with two attached hydrogens (primary N) is 1. The predicted octanol–water partition coefficient (Wildman–Crippen LogP) is 3.74. The van der Waals surface area contributed by atoms with Crippen LogP contribution in [0.4, 0.5) is 5.69 Å². The molecule has 1 fully saturated rings. The number of nitrogens with one attached hydrogen (secondary N) is 1. The topological polar surface area (TPSA) is 50.9 Å². The van der Waals surface area contributed by atoms with E-state index >= 15 is 0 Å². The van der Waals surface area contributed by atoms with Crippen LogP contribution >= 0.6 is 11.6 Å². The monoisotopic (exact) mass is 289 g/mol. The zero-order valence-electron chi connectivity index (χ0n) is 11.7. The third-order valence-corrected chi connectivity index (χ3v) is 4.62. The first-order valence-corrected chi connectivity index (χ1v) is 7.59. The molecule has 2 atom stereocenters. The molecule has 1 aromatic heterocycles. The van der Waals surface area contributed by atoms with Gasteiger partial charge in [-0.25, -0.2) is 0 Å². The van der Waals surface area contributed by atoms with Crippen LogP contribution in [0.25, 0.3) is 10.9 Å². The van der Waals surface area contributed by atoms with E-state index in [0.717, 1.165) is 40.1 Å². The van der Waals surface area contributed by atoms with Crippen LogP contribution in [0.1, 0.15) is 24.8 Å². The van der Waals surface area contributed by atoms with E-state index in [2.05, 4.69) is 16.4 Å². The Balaban J connectivity index is 2.03. The van der Waals surface area contributed by atoms with Crippen LogP contribution in [0.2, 0.25) is 5.02 Å². The van der Waals surface area contributed by atoms with Crippen molar-refractivity contribution in [1.82, 2.24) is 4.98 Å². The Labute approximate surface area is 124 Å². The first-order chi connectivity index (χ1) is 9.70. The number of aromatic nitrogens is 1. The summed E-state index contributed by atoms with van der Waals surface area (Å²) in [5.74, 6) is 0.541. The largest absolute Gasteiger partial charge is 0.380 e. The summed E-state index contributed by atoms with van der Waals surface area (Å²) in [6.45, 7) is 2.78. The standard InChI is InChI=1S/C16H20ClN3/c1-10-8-13(17)16(12-5-3-7-19-15(10)12)20-14-6-2-4-11(14)9-18/h3,5,7-8,11,14,20H,2,4,6,9,18H2,1H3. The molecule has 0 aliphatic heterocycles. The van der Waals surface area contributed by atoms with Crippen molar-refractivity contribution in [1.29, 1.82) is 0 Å². The molecule has 1 aromatic carbocycles. The van der Waals surface area contributed by atoms with E-state index in [1.807, 2.05) is 25.3 Å². The highest BCUT2D eigenvalue weighted by molar-refractivity contribution is 6.35. The maximum atomic E-state index is 6.46. The molecule has 0 spiro atoms. The second kappa shape index (κ2) is 5.58. The summed E-state index contributed by atoms with van der Waals surface area (Å²) in [5, 5.41) is 5.49. The van der Waals surface area contributed by atoms with E-state index in [9.17, 15) is 0 Å². The van der Waals surface area contributed by atoms with Crippen molar-refractivity contribution in [3.63, 3.8) is 0 Å². The van der Waals surface area contributed by atoms with Crippen molar-refractivity contribution in [3.05, 3.63) is 35.0 Å². The lowest BCUT2D eigenvalue weighted by Gasteiger charge is -2.23. The van der Waals surface area contributed by atoms with Gasteiger partial charge in [0, 0.05) is 17.6 Å². The van der Waals surface area contributed by atoms with Gasteiger partial charge < -0.3 is 11.1 Å². The van der Waals surface area contributed by atoms with Crippen LogP contribution in [0.5, 0.6) is 0 Å². The molecule has 0 radical (unpaired) electrons. The molecule has 1 aliphatic rings. The lowest BCUT2D eigenvalue weighted by atomic mass is 10.0. The molecule has 3 rings (SSSR count). The van der Waals surface area contributed by atoms with E-state index in [0.29, 0.717) is 12.0 Å². The highest BCUT2D eigenvalue weighted by atomic mass is 35.5. The van der Waals surface area contributed by atoms with Gasteiger partial charge >= 0.3 is 0 Å². The fourth-order valence-corrected chi connectivity index (χ4v) is 3.54. The molecule has 20 heavy (non-hydrogen) atoms. The van der Waals surface area contributed by atoms with Gasteiger partial charge in [-0.05, 0) is 56.0 Å². The molecular formula is C16H20ClN3. The minimum atomic E-state index is 0.420. The average molecular weight is 290 g/mol. The maximum absolute atomic E-state index is 6.46. The SMILES string of the molecule is Cc1cc(Cl)c(NC2CCCC2CN)c2cccnc12. The summed E-state index contributed by atoms with van der Waals surface area (Å²) in [4.78, 5) is 4.47. The lowest BCUT2D eigenvalue weighted by Crippen LogP contribution is -2.29. The van der Waals surface area contributed by atoms with Crippen molar-refractivity contribution < 1.29 is 0 Å². The van der Waals surface area contributed by atoms with Gasteiger partial charge in [0.25, 0.3) is 0 Å². The van der Waals surface area contributed by atoms with Gasteiger partial charge in [0.1, 0.15) is 0 Å². The number of rotatable bonds is 3. The number of hydrogen-bond donors (Lipinski definition) is 2. The predicted molar refractivity (Wildman–Crippen MR) is 85.3 cm³/mol. The third kappa shape index (κ3) is 2.36. The van der Waals surface area contributed by atoms with Crippen LogP contribution < -0.4 is 11.1 Å². The average Bonchev–Trinajstić information content (AvgIpc) is 2.90. The summed E-state index contributed by atoms with van der Waals surface area (Å²) < 4.78 is 0. The van der Waals surface area contributed by atoms with Crippen LogP contribution in [0, 0.1) is 12.8 Å². The fraction of sp³-hybridized carbons (Fsp3) is 0.438. The molecule has 1 aliphatic carbocycles. The number of hydrogen-bond acceptors (Lipinski definition) is 3. The van der Waals surface area contributed by atoms with E-state index in [1.54, 1.807) is 0 Å². The first-order valence-electron chi connectivity index (χ1n) is 7.21. The molecule has 3 N–H and O–H groups in total. The second-order valence-electron chi connectivity index (χ2n) is 5.63. The van der Waals surface area contributed by atoms with E-state index < -0.39 is 0 Å². The Hall–Kier alpha value is -1.32. The molecule has 0 saturated heterocycles. The van der Waals surface area contributed by atoms with E-state index in [-0.39, 0.29) is 0 Å². The van der Waals surface area contributed by atoms with Gasteiger partial charge in [-0.15, -0.1) is 0 Å². The number of fused-ring (bicyclic) bond motifs is 1. The molecule has 1 heterocycles. The molecule has 0 amide bonds. The van der Waals surface area contributed by atoms with Gasteiger partial charge in [-0.1, -0.05) is 18.0 Å². The molecule has 106 valence electrons. The molecule has 1 saturated carbocycles. The van der Waals surface area contributed by atoms with Crippen LogP contribution in [-0.2, 0) is 0 Å². The number of anilines is 1. The number of halogens is 1. The summed E-state index contributed by atoms with van der Waals surface area (Å²) in [5.41, 5.74) is 9.00. The molecular weight excluding hydrogens is 270 g/mol. The molecule has 2 unspecified atom stereocenters. The highest BCUT2D eigenvalue weighted by Gasteiger charge is 2.27. The number of benzene rings is 1. The maximum Gasteiger partial charge on any atom is 0.0752 e. The van der Waals surface area contributed by atoms with Crippen LogP contribution in [0.15, 0.2) is 24.4 Å². The Morgan fingerprint density at radius 3 is 3.10 bits per heavy atom. The second-order valence-corrected chi connectivity index (χ2v) is 6.03. The Bertz CT molecular complexity index is 626. The van der Waals surface area contributed by atoms with Crippen LogP contribution in [0.3, 0.4) is 0 Å². The quantitative estimate of drug-likeness (QED) is 0.905. The normalized spacial score (nSPS) is 22.4. The summed E-state index contributed by atoms with van der Waals surface area (Å²) in [6, 6.07) is 6.45. The van der Waals surface area contributed by atoms with Crippen LogP contribution in [-0.4, -0.2) is 17.6 Å². The van der Waals surface area contributed by atoms with Gasteiger partial charge in [0.05, 0.1) is 16.2 Å². The number of nitrogens with zero attached hydrogens (tertiary/aromatic N) is 1. The van der Waals surface area contributed by atoms with E-state index in [1.165, 1.54) is 12.8 Å². The van der Waals surface area contributed by atoms with Gasteiger partial charge in [0.15, 0.2) is 0 Å². The fourth-order valence-electron chi connectivity index (χ4n) is 3.22. The van der Waals surface area contributed by atoms with Crippen molar-refractivity contribution in [2.45, 2.75) is 32.2 Å². The Kier molecular flexibility index (Phi) is 3.81. The Morgan fingerprint density at radius 2 is 2.30 bits per heavy atom. The molecule has 2 aromatic rings. The molecule has 4 heteroatoms. The Morgan fingerprint density at radius 1 is 1.45 bits per heavy atom.